The van der Waals surface area contributed by atoms with Crippen LogP contribution < -0.4 is 9.62 Å². The zero-order valence-electron chi connectivity index (χ0n) is 21.4. The van der Waals surface area contributed by atoms with Gasteiger partial charge in [-0.15, -0.1) is 0 Å². The van der Waals surface area contributed by atoms with Crippen molar-refractivity contribution in [3.63, 3.8) is 0 Å². The Morgan fingerprint density at radius 2 is 1.97 bits per heavy atom. The smallest absolute Gasteiger partial charge is 0.245 e. The minimum absolute atomic E-state index is 0.287. The van der Waals surface area contributed by atoms with Crippen LogP contribution in [0.25, 0.3) is 5.65 Å². The SMILES string of the molecule is Cc1cn2nc([C@@H]3CCCCN3C(=O)C(NS(C)(=O)=O)c3ccccc3Cl)cc2nc1N1CC[C@H](C)C1. The minimum Gasteiger partial charge on any atom is -0.356 e. The van der Waals surface area contributed by atoms with Crippen molar-refractivity contribution in [1.82, 2.24) is 24.2 Å². The van der Waals surface area contributed by atoms with E-state index in [0.29, 0.717) is 23.0 Å². The summed E-state index contributed by atoms with van der Waals surface area (Å²) in [6, 6.07) is 7.38. The fourth-order valence-corrected chi connectivity index (χ4v) is 6.37. The summed E-state index contributed by atoms with van der Waals surface area (Å²) in [4.78, 5) is 22.9. The van der Waals surface area contributed by atoms with Gasteiger partial charge in [0.25, 0.3) is 0 Å². The van der Waals surface area contributed by atoms with Gasteiger partial charge >= 0.3 is 0 Å². The monoisotopic (exact) mass is 544 g/mol. The molecular formula is C26H33ClN6O3S. The van der Waals surface area contributed by atoms with Crippen LogP contribution in [0.1, 0.15) is 61.5 Å². The summed E-state index contributed by atoms with van der Waals surface area (Å²) < 4.78 is 28.7. The molecule has 0 aliphatic carbocycles. The largest absolute Gasteiger partial charge is 0.356 e. The molecule has 2 saturated heterocycles. The van der Waals surface area contributed by atoms with Gasteiger partial charge in [0.15, 0.2) is 5.65 Å². The lowest BCUT2D eigenvalue weighted by Crippen LogP contribution is -2.46. The molecule has 2 aliphatic rings. The van der Waals surface area contributed by atoms with Crippen LogP contribution in [0.5, 0.6) is 0 Å². The number of nitrogens with one attached hydrogen (secondary N) is 1. The third-order valence-corrected chi connectivity index (χ3v) is 8.28. The van der Waals surface area contributed by atoms with Crippen LogP contribution in [0.15, 0.2) is 36.5 Å². The number of hydrogen-bond donors (Lipinski definition) is 1. The van der Waals surface area contributed by atoms with E-state index in [0.717, 1.165) is 67.8 Å². The van der Waals surface area contributed by atoms with Crippen molar-refractivity contribution >= 4 is 39.0 Å². The molecule has 0 radical (unpaired) electrons. The Morgan fingerprint density at radius 1 is 1.19 bits per heavy atom. The van der Waals surface area contributed by atoms with Gasteiger partial charge in [0.1, 0.15) is 11.9 Å². The molecule has 1 amide bonds. The van der Waals surface area contributed by atoms with Gasteiger partial charge in [0.2, 0.25) is 15.9 Å². The molecule has 5 rings (SSSR count). The van der Waals surface area contributed by atoms with Gasteiger partial charge < -0.3 is 9.80 Å². The maximum atomic E-state index is 13.9. The second kappa shape index (κ2) is 10.2. The van der Waals surface area contributed by atoms with Gasteiger partial charge in [-0.25, -0.2) is 17.9 Å². The molecule has 1 unspecified atom stereocenters. The third kappa shape index (κ3) is 5.46. The van der Waals surface area contributed by atoms with Crippen LogP contribution in [0.2, 0.25) is 5.02 Å². The summed E-state index contributed by atoms with van der Waals surface area (Å²) in [5, 5.41) is 5.15. The number of aromatic nitrogens is 3. The number of benzene rings is 1. The number of carbonyl (C=O) groups is 1. The fourth-order valence-electron chi connectivity index (χ4n) is 5.47. The maximum absolute atomic E-state index is 13.9. The van der Waals surface area contributed by atoms with E-state index < -0.39 is 16.1 Å². The number of rotatable bonds is 6. The average Bonchev–Trinajstić information content (AvgIpc) is 3.47. The molecule has 1 N–H and O–H groups in total. The highest BCUT2D eigenvalue weighted by Gasteiger charge is 2.36. The number of sulfonamides is 1. The number of amides is 1. The first-order valence-corrected chi connectivity index (χ1v) is 15.0. The van der Waals surface area contributed by atoms with Gasteiger partial charge in [-0.3, -0.25) is 4.79 Å². The van der Waals surface area contributed by atoms with Crippen LogP contribution in [-0.4, -0.2) is 59.7 Å². The Labute approximate surface area is 222 Å². The second-order valence-corrected chi connectivity index (χ2v) is 12.5. The lowest BCUT2D eigenvalue weighted by atomic mass is 9.97. The summed E-state index contributed by atoms with van der Waals surface area (Å²) in [6.45, 7) is 6.80. The molecule has 9 nitrogen and oxygen atoms in total. The number of hydrogen-bond acceptors (Lipinski definition) is 6. The van der Waals surface area contributed by atoms with Crippen molar-refractivity contribution < 1.29 is 13.2 Å². The van der Waals surface area contributed by atoms with Crippen LogP contribution in [-0.2, 0) is 14.8 Å². The van der Waals surface area contributed by atoms with Gasteiger partial charge in [-0.1, -0.05) is 36.7 Å². The topological polar surface area (TPSA) is 99.9 Å². The summed E-state index contributed by atoms with van der Waals surface area (Å²) in [7, 11) is -3.69. The molecule has 37 heavy (non-hydrogen) atoms. The zero-order valence-corrected chi connectivity index (χ0v) is 23.0. The molecule has 3 aromatic rings. The van der Waals surface area contributed by atoms with Crippen molar-refractivity contribution in [2.75, 3.05) is 30.8 Å². The van der Waals surface area contributed by atoms with Crippen molar-refractivity contribution in [2.45, 2.75) is 51.6 Å². The van der Waals surface area contributed by atoms with Crippen LogP contribution in [0, 0.1) is 12.8 Å². The molecule has 3 atom stereocenters. The maximum Gasteiger partial charge on any atom is 0.245 e. The Bertz CT molecular complexity index is 1420. The first kappa shape index (κ1) is 25.9. The molecule has 0 bridgehead atoms. The van der Waals surface area contributed by atoms with Crippen LogP contribution in [0.3, 0.4) is 0 Å². The number of carbonyl (C=O) groups excluding carboxylic acids is 1. The highest BCUT2D eigenvalue weighted by atomic mass is 35.5. The molecule has 1 aromatic carbocycles. The predicted molar refractivity (Wildman–Crippen MR) is 144 cm³/mol. The third-order valence-electron chi connectivity index (χ3n) is 7.27. The second-order valence-electron chi connectivity index (χ2n) is 10.3. The van der Waals surface area contributed by atoms with Crippen molar-refractivity contribution in [2.24, 2.45) is 5.92 Å². The van der Waals surface area contributed by atoms with Gasteiger partial charge in [0, 0.05) is 42.5 Å². The number of fused-ring (bicyclic) bond motifs is 1. The minimum atomic E-state index is -3.69. The number of nitrogens with zero attached hydrogens (tertiary/aromatic N) is 5. The van der Waals surface area contributed by atoms with E-state index in [1.165, 1.54) is 0 Å². The summed E-state index contributed by atoms with van der Waals surface area (Å²) in [5.41, 5.74) is 2.99. The number of anilines is 1. The lowest BCUT2D eigenvalue weighted by molar-refractivity contribution is -0.137. The first-order chi connectivity index (χ1) is 17.6. The predicted octanol–water partition coefficient (Wildman–Crippen LogP) is 3.88. The first-order valence-electron chi connectivity index (χ1n) is 12.7. The number of halogens is 1. The fraction of sp³-hybridized carbons (Fsp3) is 0.500. The summed E-state index contributed by atoms with van der Waals surface area (Å²) >= 11 is 6.40. The van der Waals surface area contributed by atoms with Gasteiger partial charge in [-0.05, 0) is 50.2 Å². The van der Waals surface area contributed by atoms with E-state index in [1.54, 1.807) is 33.7 Å². The van der Waals surface area contributed by atoms with Gasteiger partial charge in [0.05, 0.1) is 18.0 Å². The Balaban J connectivity index is 1.49. The average molecular weight is 545 g/mol. The molecule has 2 aliphatic heterocycles. The van der Waals surface area contributed by atoms with E-state index in [1.807, 2.05) is 19.2 Å². The molecule has 198 valence electrons. The van der Waals surface area contributed by atoms with E-state index >= 15 is 0 Å². The zero-order chi connectivity index (χ0) is 26.3. The normalized spacial score (nSPS) is 21.5. The van der Waals surface area contributed by atoms with E-state index in [2.05, 4.69) is 16.5 Å². The van der Waals surface area contributed by atoms with E-state index in [4.69, 9.17) is 21.7 Å². The van der Waals surface area contributed by atoms with Crippen LogP contribution >= 0.6 is 11.6 Å². The Morgan fingerprint density at radius 3 is 2.68 bits per heavy atom. The standard InChI is InChI=1S/C26H33ClN6O3S/c1-17-11-13-31(15-17)25-18(2)16-33-23(28-25)14-21(29-33)22-10-6-7-12-32(22)26(34)24(30-37(3,35)36)19-8-4-5-9-20(19)27/h4-5,8-9,14,16-17,22,24,30H,6-7,10-13,15H2,1-3H3/t17-,22-,24?/m0/s1. The highest BCUT2D eigenvalue weighted by Crippen LogP contribution is 2.35. The lowest BCUT2D eigenvalue weighted by Gasteiger charge is -2.37. The molecule has 11 heteroatoms. The molecule has 4 heterocycles. The quantitative estimate of drug-likeness (QED) is 0.505. The van der Waals surface area contributed by atoms with E-state index in [-0.39, 0.29) is 11.9 Å². The number of likely N-dealkylation sites (tertiary alicyclic amines) is 1. The van der Waals surface area contributed by atoms with Crippen molar-refractivity contribution in [3.8, 4) is 0 Å². The Hall–Kier alpha value is -2.69. The summed E-state index contributed by atoms with van der Waals surface area (Å²) in [5.74, 6) is 1.29. The van der Waals surface area contributed by atoms with E-state index in [9.17, 15) is 13.2 Å². The van der Waals surface area contributed by atoms with Crippen molar-refractivity contribution in [3.05, 3.63) is 58.4 Å². The molecule has 2 aromatic heterocycles. The molecule has 0 saturated carbocycles. The number of piperidine rings is 1. The molecule has 2 fully saturated rings. The van der Waals surface area contributed by atoms with Gasteiger partial charge in [-0.2, -0.15) is 9.82 Å². The summed E-state index contributed by atoms with van der Waals surface area (Å²) in [6.07, 6.45) is 6.72. The highest BCUT2D eigenvalue weighted by molar-refractivity contribution is 7.88. The Kier molecular flexibility index (Phi) is 7.17. The molecule has 0 spiro atoms. The number of aryl methyl sites for hydroxylation is 1. The molecular weight excluding hydrogens is 512 g/mol. The van der Waals surface area contributed by atoms with Crippen LogP contribution in [0.4, 0.5) is 5.82 Å². The van der Waals surface area contributed by atoms with Crippen molar-refractivity contribution in [1.29, 1.82) is 0 Å².